The molecule has 3 nitrogen and oxygen atoms in total. The minimum Gasteiger partial charge on any atom is -0.481 e. The normalized spacial score (nSPS) is 12.6. The van der Waals surface area contributed by atoms with Gasteiger partial charge in [0.2, 0.25) is 0 Å². The quantitative estimate of drug-likeness (QED) is 0.703. The number of nitrogens with one attached hydrogen (secondary N) is 1. The molecule has 25 heavy (non-hydrogen) atoms. The second kappa shape index (κ2) is 7.61. The fourth-order valence-corrected chi connectivity index (χ4v) is 2.87. The van der Waals surface area contributed by atoms with Crippen LogP contribution in [0.15, 0.2) is 40.9 Å². The lowest BCUT2D eigenvalue weighted by Crippen LogP contribution is -2.30. The van der Waals surface area contributed by atoms with Gasteiger partial charge in [-0.05, 0) is 77.0 Å². The smallest absolute Gasteiger partial charge is 0.265 e. The molecule has 1 unspecified atom stereocenters. The molecule has 0 bridgehead atoms. The van der Waals surface area contributed by atoms with Gasteiger partial charge in [-0.2, -0.15) is 0 Å². The highest BCUT2D eigenvalue weighted by Gasteiger charge is 2.19. The molecule has 0 saturated carbocycles. The second-order valence-electron chi connectivity index (χ2n) is 7.46. The lowest BCUT2D eigenvalue weighted by Gasteiger charge is -2.21. The van der Waals surface area contributed by atoms with Gasteiger partial charge in [-0.15, -0.1) is 0 Å². The SMILES string of the molecule is Cc1ccc(C)c(OC(C)C(=O)Nc2ccc(C(C)(C)C)cc2Br)c1. The van der Waals surface area contributed by atoms with Crippen molar-refractivity contribution >= 4 is 27.5 Å². The Kier molecular flexibility index (Phi) is 5.94. The first-order chi connectivity index (χ1) is 11.6. The molecular weight excluding hydrogens is 378 g/mol. The van der Waals surface area contributed by atoms with E-state index in [0.717, 1.165) is 27.0 Å². The van der Waals surface area contributed by atoms with E-state index >= 15 is 0 Å². The van der Waals surface area contributed by atoms with E-state index in [9.17, 15) is 4.79 Å². The highest BCUT2D eigenvalue weighted by molar-refractivity contribution is 9.10. The molecule has 0 radical (unpaired) electrons. The number of halogens is 1. The number of rotatable bonds is 4. The number of amides is 1. The summed E-state index contributed by atoms with van der Waals surface area (Å²) in [7, 11) is 0. The van der Waals surface area contributed by atoms with Gasteiger partial charge in [0.15, 0.2) is 6.10 Å². The van der Waals surface area contributed by atoms with Gasteiger partial charge < -0.3 is 10.1 Å². The van der Waals surface area contributed by atoms with Crippen molar-refractivity contribution in [3.05, 3.63) is 57.6 Å². The van der Waals surface area contributed by atoms with E-state index in [1.165, 1.54) is 5.56 Å². The number of anilines is 1. The number of hydrogen-bond acceptors (Lipinski definition) is 2. The van der Waals surface area contributed by atoms with Gasteiger partial charge in [0, 0.05) is 4.47 Å². The standard InChI is InChI=1S/C21H26BrNO2/c1-13-7-8-14(2)19(11-13)25-15(3)20(24)23-18-10-9-16(12-17(18)22)21(4,5)6/h7-12,15H,1-6H3,(H,23,24). The molecule has 4 heteroatoms. The van der Waals surface area contributed by atoms with Crippen LogP contribution in [-0.4, -0.2) is 12.0 Å². The molecule has 1 N–H and O–H groups in total. The maximum atomic E-state index is 12.5. The van der Waals surface area contributed by atoms with Crippen molar-refractivity contribution in [2.45, 2.75) is 53.1 Å². The Bertz CT molecular complexity index is 778. The number of aryl methyl sites for hydroxylation is 2. The predicted octanol–water partition coefficient (Wildman–Crippen LogP) is 5.77. The van der Waals surface area contributed by atoms with Gasteiger partial charge in [0.25, 0.3) is 5.91 Å². The second-order valence-corrected chi connectivity index (χ2v) is 8.32. The van der Waals surface area contributed by atoms with E-state index in [0.29, 0.717) is 0 Å². The van der Waals surface area contributed by atoms with Crippen LogP contribution in [0.4, 0.5) is 5.69 Å². The first-order valence-electron chi connectivity index (χ1n) is 8.43. The highest BCUT2D eigenvalue weighted by atomic mass is 79.9. The Hall–Kier alpha value is -1.81. The van der Waals surface area contributed by atoms with Crippen LogP contribution < -0.4 is 10.1 Å². The molecule has 0 spiro atoms. The van der Waals surface area contributed by atoms with Crippen molar-refractivity contribution in [1.29, 1.82) is 0 Å². The molecule has 0 fully saturated rings. The fraction of sp³-hybridized carbons (Fsp3) is 0.381. The number of ether oxygens (including phenoxy) is 1. The Labute approximate surface area is 158 Å². The Morgan fingerprint density at radius 2 is 1.80 bits per heavy atom. The largest absolute Gasteiger partial charge is 0.481 e. The third-order valence-corrected chi connectivity index (χ3v) is 4.77. The molecule has 0 aliphatic rings. The molecular formula is C21H26BrNO2. The van der Waals surface area contributed by atoms with Crippen LogP contribution in [0.1, 0.15) is 44.4 Å². The van der Waals surface area contributed by atoms with E-state index in [4.69, 9.17) is 4.74 Å². The molecule has 2 rings (SSSR count). The monoisotopic (exact) mass is 403 g/mol. The Morgan fingerprint density at radius 1 is 1.12 bits per heavy atom. The van der Waals surface area contributed by atoms with Crippen LogP contribution in [0, 0.1) is 13.8 Å². The number of hydrogen-bond donors (Lipinski definition) is 1. The zero-order valence-corrected chi connectivity index (χ0v) is 17.3. The summed E-state index contributed by atoms with van der Waals surface area (Å²) in [6.07, 6.45) is -0.588. The zero-order chi connectivity index (χ0) is 18.8. The lowest BCUT2D eigenvalue weighted by molar-refractivity contribution is -0.122. The van der Waals surface area contributed by atoms with Crippen LogP contribution in [0.2, 0.25) is 0 Å². The van der Waals surface area contributed by atoms with Crippen molar-refractivity contribution < 1.29 is 9.53 Å². The Balaban J connectivity index is 2.10. The van der Waals surface area contributed by atoms with Gasteiger partial charge in [-0.3, -0.25) is 4.79 Å². The van der Waals surface area contributed by atoms with Crippen LogP contribution in [0.5, 0.6) is 5.75 Å². The van der Waals surface area contributed by atoms with Crippen LogP contribution in [0.25, 0.3) is 0 Å². The van der Waals surface area contributed by atoms with Gasteiger partial charge in [-0.1, -0.05) is 39.0 Å². The maximum Gasteiger partial charge on any atom is 0.265 e. The van der Waals surface area contributed by atoms with E-state index in [2.05, 4.69) is 42.0 Å². The van der Waals surface area contributed by atoms with Crippen LogP contribution in [-0.2, 0) is 10.2 Å². The molecule has 2 aromatic carbocycles. The number of carbonyl (C=O) groups excluding carboxylic acids is 1. The van der Waals surface area contributed by atoms with Crippen molar-refractivity contribution in [2.24, 2.45) is 0 Å². The highest BCUT2D eigenvalue weighted by Crippen LogP contribution is 2.30. The molecule has 0 aliphatic carbocycles. The summed E-state index contributed by atoms with van der Waals surface area (Å²) in [6.45, 7) is 12.2. The van der Waals surface area contributed by atoms with Gasteiger partial charge in [0.1, 0.15) is 5.75 Å². The summed E-state index contributed by atoms with van der Waals surface area (Å²) in [5.41, 5.74) is 4.13. The fourth-order valence-electron chi connectivity index (χ4n) is 2.40. The predicted molar refractivity (Wildman–Crippen MR) is 107 cm³/mol. The number of benzene rings is 2. The molecule has 1 atom stereocenters. The molecule has 1 amide bonds. The van der Waals surface area contributed by atoms with Crippen molar-refractivity contribution in [2.75, 3.05) is 5.32 Å². The molecule has 0 aliphatic heterocycles. The maximum absolute atomic E-state index is 12.5. The van der Waals surface area contributed by atoms with E-state index < -0.39 is 6.10 Å². The third kappa shape index (κ3) is 5.08. The summed E-state index contributed by atoms with van der Waals surface area (Å²) in [6, 6.07) is 12.0. The van der Waals surface area contributed by atoms with Gasteiger partial charge in [-0.25, -0.2) is 0 Å². The van der Waals surface area contributed by atoms with E-state index in [1.54, 1.807) is 6.92 Å². The summed E-state index contributed by atoms with van der Waals surface area (Å²) in [4.78, 5) is 12.5. The zero-order valence-electron chi connectivity index (χ0n) is 15.7. The van der Waals surface area contributed by atoms with Crippen molar-refractivity contribution in [3.8, 4) is 5.75 Å². The summed E-state index contributed by atoms with van der Waals surface area (Å²) >= 11 is 3.55. The molecule has 2 aromatic rings. The van der Waals surface area contributed by atoms with Gasteiger partial charge in [0.05, 0.1) is 5.69 Å². The lowest BCUT2D eigenvalue weighted by atomic mass is 9.87. The first-order valence-corrected chi connectivity index (χ1v) is 9.22. The van der Waals surface area contributed by atoms with E-state index in [1.807, 2.05) is 50.2 Å². The molecule has 0 saturated heterocycles. The average Bonchev–Trinajstić information content (AvgIpc) is 2.51. The number of carbonyl (C=O) groups is 1. The summed E-state index contributed by atoms with van der Waals surface area (Å²) in [5, 5.41) is 2.93. The van der Waals surface area contributed by atoms with Crippen molar-refractivity contribution in [3.63, 3.8) is 0 Å². The van der Waals surface area contributed by atoms with Crippen LogP contribution >= 0.6 is 15.9 Å². The minimum absolute atomic E-state index is 0.0597. The topological polar surface area (TPSA) is 38.3 Å². The molecule has 134 valence electrons. The molecule has 0 aromatic heterocycles. The Morgan fingerprint density at radius 3 is 2.40 bits per heavy atom. The average molecular weight is 404 g/mol. The minimum atomic E-state index is -0.588. The van der Waals surface area contributed by atoms with E-state index in [-0.39, 0.29) is 11.3 Å². The molecule has 0 heterocycles. The van der Waals surface area contributed by atoms with Crippen molar-refractivity contribution in [1.82, 2.24) is 0 Å². The van der Waals surface area contributed by atoms with Crippen LogP contribution in [0.3, 0.4) is 0 Å². The van der Waals surface area contributed by atoms with Gasteiger partial charge >= 0.3 is 0 Å². The first kappa shape index (κ1) is 19.5. The summed E-state index contributed by atoms with van der Waals surface area (Å²) in [5.74, 6) is 0.565. The third-order valence-electron chi connectivity index (χ3n) is 4.11. The summed E-state index contributed by atoms with van der Waals surface area (Å²) < 4.78 is 6.72.